The summed E-state index contributed by atoms with van der Waals surface area (Å²) >= 11 is 0. The fourth-order valence-corrected chi connectivity index (χ4v) is 3.39. The van der Waals surface area contributed by atoms with E-state index in [0.29, 0.717) is 24.4 Å². The molecule has 1 N–H and O–H groups in total. The average Bonchev–Trinajstić information content (AvgIpc) is 3.10. The molecule has 1 fully saturated rings. The second kappa shape index (κ2) is 9.11. The van der Waals surface area contributed by atoms with Gasteiger partial charge in [0.2, 0.25) is 11.8 Å². The van der Waals surface area contributed by atoms with Crippen LogP contribution in [0, 0.1) is 25.7 Å². The van der Waals surface area contributed by atoms with Gasteiger partial charge in [0, 0.05) is 24.3 Å². The third kappa shape index (κ3) is 5.06. The van der Waals surface area contributed by atoms with Crippen LogP contribution < -0.4 is 10.2 Å². The van der Waals surface area contributed by atoms with E-state index in [2.05, 4.69) is 5.32 Å². The van der Waals surface area contributed by atoms with Crippen LogP contribution in [0.4, 0.5) is 11.4 Å². The number of nitrogens with one attached hydrogen (secondary N) is 1. The lowest BCUT2D eigenvalue weighted by atomic mass is 10.1. The van der Waals surface area contributed by atoms with Gasteiger partial charge in [-0.25, -0.2) is 4.79 Å². The number of nitrogens with zero attached hydrogens (tertiary/aromatic N) is 1. The Morgan fingerprint density at radius 1 is 1.13 bits per heavy atom. The van der Waals surface area contributed by atoms with E-state index >= 15 is 0 Å². The second-order valence-electron chi connectivity index (χ2n) is 8.25. The molecule has 1 aliphatic rings. The van der Waals surface area contributed by atoms with Crippen molar-refractivity contribution in [2.45, 2.75) is 34.1 Å². The van der Waals surface area contributed by atoms with Crippen molar-refractivity contribution in [1.82, 2.24) is 0 Å². The van der Waals surface area contributed by atoms with Crippen LogP contribution in [-0.4, -0.2) is 30.9 Å². The van der Waals surface area contributed by atoms with Crippen LogP contribution in [0.3, 0.4) is 0 Å². The summed E-state index contributed by atoms with van der Waals surface area (Å²) in [7, 11) is 0. The molecule has 1 heterocycles. The van der Waals surface area contributed by atoms with Crippen molar-refractivity contribution in [3.8, 4) is 0 Å². The van der Waals surface area contributed by atoms with Crippen LogP contribution in [0.2, 0.25) is 0 Å². The van der Waals surface area contributed by atoms with E-state index in [0.717, 1.165) is 16.8 Å². The lowest BCUT2D eigenvalue weighted by Crippen LogP contribution is -2.28. The van der Waals surface area contributed by atoms with Gasteiger partial charge in [-0.3, -0.25) is 9.59 Å². The van der Waals surface area contributed by atoms with Crippen molar-refractivity contribution >= 4 is 29.2 Å². The zero-order chi connectivity index (χ0) is 21.8. The van der Waals surface area contributed by atoms with Gasteiger partial charge in [0.25, 0.3) is 0 Å². The molecule has 3 rings (SSSR count). The number of anilines is 2. The van der Waals surface area contributed by atoms with Gasteiger partial charge in [0.05, 0.1) is 18.1 Å². The Morgan fingerprint density at radius 3 is 2.50 bits per heavy atom. The molecule has 1 aliphatic heterocycles. The Hall–Kier alpha value is -3.15. The molecule has 0 saturated carbocycles. The number of carbonyl (C=O) groups is 3. The summed E-state index contributed by atoms with van der Waals surface area (Å²) in [4.78, 5) is 38.9. The molecule has 0 unspecified atom stereocenters. The Bertz CT molecular complexity index is 950. The number of ether oxygens (including phenoxy) is 1. The van der Waals surface area contributed by atoms with E-state index in [1.807, 2.05) is 45.9 Å². The summed E-state index contributed by atoms with van der Waals surface area (Å²) in [6.07, 6.45) is 0.179. The van der Waals surface area contributed by atoms with Gasteiger partial charge in [0.1, 0.15) is 0 Å². The molecule has 2 aromatic rings. The molecule has 2 aromatic carbocycles. The van der Waals surface area contributed by atoms with E-state index in [-0.39, 0.29) is 30.1 Å². The number of esters is 1. The predicted octanol–water partition coefficient (Wildman–Crippen LogP) is 4.11. The molecule has 6 nitrogen and oxygen atoms in total. The van der Waals surface area contributed by atoms with Gasteiger partial charge in [0.15, 0.2) is 0 Å². The first-order valence-electron chi connectivity index (χ1n) is 10.2. The third-order valence-corrected chi connectivity index (χ3v) is 5.09. The van der Waals surface area contributed by atoms with E-state index in [1.165, 1.54) is 0 Å². The van der Waals surface area contributed by atoms with Crippen LogP contribution in [-0.2, 0) is 14.3 Å². The lowest BCUT2D eigenvalue weighted by molar-refractivity contribution is -0.122. The standard InChI is InChI=1S/C24H28N2O4/c1-15(2)14-30-24(29)18-7-9-20(10-8-18)25-23(28)19-12-22(27)26(13-19)21-11-16(3)5-6-17(21)4/h5-11,15,19H,12-14H2,1-4H3,(H,25,28)/t19-/m1/s1. The Morgan fingerprint density at radius 2 is 1.83 bits per heavy atom. The number of benzene rings is 2. The van der Waals surface area contributed by atoms with E-state index in [4.69, 9.17) is 4.74 Å². The van der Waals surface area contributed by atoms with Gasteiger partial charge >= 0.3 is 5.97 Å². The monoisotopic (exact) mass is 408 g/mol. The highest BCUT2D eigenvalue weighted by molar-refractivity contribution is 6.04. The quantitative estimate of drug-likeness (QED) is 0.730. The topological polar surface area (TPSA) is 75.7 Å². The summed E-state index contributed by atoms with van der Waals surface area (Å²) in [6.45, 7) is 8.61. The Kier molecular flexibility index (Phi) is 6.55. The number of amides is 2. The first-order chi connectivity index (χ1) is 14.2. The molecule has 0 aliphatic carbocycles. The number of carbonyl (C=O) groups excluding carboxylic acids is 3. The molecule has 0 spiro atoms. The molecule has 1 atom stereocenters. The molecule has 2 amide bonds. The van der Waals surface area contributed by atoms with Gasteiger partial charge in [-0.15, -0.1) is 0 Å². The van der Waals surface area contributed by atoms with Crippen molar-refractivity contribution in [3.63, 3.8) is 0 Å². The Labute approximate surface area is 177 Å². The van der Waals surface area contributed by atoms with Crippen LogP contribution >= 0.6 is 0 Å². The maximum atomic E-state index is 12.7. The lowest BCUT2D eigenvalue weighted by Gasteiger charge is -2.19. The first-order valence-corrected chi connectivity index (χ1v) is 10.2. The minimum absolute atomic E-state index is 0.0490. The number of hydrogen-bond acceptors (Lipinski definition) is 4. The summed E-state index contributed by atoms with van der Waals surface area (Å²) in [5.41, 5.74) is 3.96. The molecule has 0 bridgehead atoms. The maximum Gasteiger partial charge on any atom is 0.338 e. The van der Waals surface area contributed by atoms with Crippen molar-refractivity contribution in [2.24, 2.45) is 11.8 Å². The second-order valence-corrected chi connectivity index (χ2v) is 8.25. The summed E-state index contributed by atoms with van der Waals surface area (Å²) in [6, 6.07) is 12.6. The van der Waals surface area contributed by atoms with E-state index < -0.39 is 5.92 Å². The highest BCUT2D eigenvalue weighted by Gasteiger charge is 2.35. The number of rotatable bonds is 6. The molecule has 0 radical (unpaired) electrons. The van der Waals surface area contributed by atoms with Gasteiger partial charge in [-0.05, 0) is 61.2 Å². The van der Waals surface area contributed by atoms with Crippen molar-refractivity contribution in [2.75, 3.05) is 23.4 Å². The first kappa shape index (κ1) is 21.6. The maximum absolute atomic E-state index is 12.7. The molecule has 158 valence electrons. The van der Waals surface area contributed by atoms with Crippen LogP contribution in [0.5, 0.6) is 0 Å². The van der Waals surface area contributed by atoms with Crippen LogP contribution in [0.1, 0.15) is 41.8 Å². The van der Waals surface area contributed by atoms with Crippen molar-refractivity contribution < 1.29 is 19.1 Å². The summed E-state index contributed by atoms with van der Waals surface area (Å²) in [5, 5.41) is 2.85. The highest BCUT2D eigenvalue weighted by Crippen LogP contribution is 2.29. The molecule has 6 heteroatoms. The highest BCUT2D eigenvalue weighted by atomic mass is 16.5. The van der Waals surface area contributed by atoms with Gasteiger partial charge in [-0.2, -0.15) is 0 Å². The fraction of sp³-hybridized carbons (Fsp3) is 0.375. The van der Waals surface area contributed by atoms with Crippen LogP contribution in [0.25, 0.3) is 0 Å². The normalized spacial score (nSPS) is 16.1. The molecule has 30 heavy (non-hydrogen) atoms. The minimum atomic E-state index is -0.423. The molecule has 0 aromatic heterocycles. The predicted molar refractivity (Wildman–Crippen MR) is 117 cm³/mol. The summed E-state index contributed by atoms with van der Waals surface area (Å²) in [5.74, 6) is -0.789. The zero-order valence-electron chi connectivity index (χ0n) is 17.9. The number of aryl methyl sites for hydroxylation is 2. The van der Waals surface area contributed by atoms with Gasteiger partial charge < -0.3 is 15.0 Å². The third-order valence-electron chi connectivity index (χ3n) is 5.09. The average molecular weight is 408 g/mol. The fourth-order valence-electron chi connectivity index (χ4n) is 3.39. The summed E-state index contributed by atoms with van der Waals surface area (Å²) < 4.78 is 5.21. The number of hydrogen-bond donors (Lipinski definition) is 1. The Balaban J connectivity index is 1.62. The SMILES string of the molecule is Cc1ccc(C)c(N2C[C@H](C(=O)Nc3ccc(C(=O)OCC(C)C)cc3)CC2=O)c1. The van der Waals surface area contributed by atoms with E-state index in [9.17, 15) is 14.4 Å². The smallest absolute Gasteiger partial charge is 0.338 e. The van der Waals surface area contributed by atoms with Gasteiger partial charge in [-0.1, -0.05) is 26.0 Å². The van der Waals surface area contributed by atoms with Crippen LogP contribution in [0.15, 0.2) is 42.5 Å². The largest absolute Gasteiger partial charge is 0.462 e. The minimum Gasteiger partial charge on any atom is -0.462 e. The van der Waals surface area contributed by atoms with Crippen molar-refractivity contribution in [3.05, 3.63) is 59.2 Å². The van der Waals surface area contributed by atoms with E-state index in [1.54, 1.807) is 29.2 Å². The van der Waals surface area contributed by atoms with Crippen molar-refractivity contribution in [1.29, 1.82) is 0 Å². The zero-order valence-corrected chi connectivity index (χ0v) is 17.9. The molecular formula is C24H28N2O4. The molecule has 1 saturated heterocycles. The molecular weight excluding hydrogens is 380 g/mol.